The molecule has 3 aromatic carbocycles. The first-order valence-electron chi connectivity index (χ1n) is 14.7. The Morgan fingerprint density at radius 3 is 2.48 bits per heavy atom. The summed E-state index contributed by atoms with van der Waals surface area (Å²) in [5.41, 5.74) is 6.62. The Morgan fingerprint density at radius 1 is 1.02 bits per heavy atom. The summed E-state index contributed by atoms with van der Waals surface area (Å²) in [5.74, 6) is -4.12. The summed E-state index contributed by atoms with van der Waals surface area (Å²) in [4.78, 5) is 42.3. The molecular weight excluding hydrogens is 612 g/mol. The summed E-state index contributed by atoms with van der Waals surface area (Å²) < 4.78 is 36.0. The van der Waals surface area contributed by atoms with Crippen molar-refractivity contribution in [3.63, 3.8) is 0 Å². The van der Waals surface area contributed by atoms with Crippen molar-refractivity contribution < 1.29 is 27.9 Å². The van der Waals surface area contributed by atoms with Crippen molar-refractivity contribution in [3.8, 4) is 16.9 Å². The number of para-hydroxylation sites is 1. The molecule has 2 heterocycles. The lowest BCUT2D eigenvalue weighted by Crippen LogP contribution is -2.49. The number of halogens is 2. The van der Waals surface area contributed by atoms with Gasteiger partial charge < -0.3 is 26.0 Å². The maximum absolute atomic E-state index is 15.0. The number of nitrogens with zero attached hydrogens (tertiary/aromatic N) is 1. The van der Waals surface area contributed by atoms with Gasteiger partial charge in [-0.3, -0.25) is 19.8 Å². The van der Waals surface area contributed by atoms with Gasteiger partial charge in [-0.05, 0) is 48.4 Å². The van der Waals surface area contributed by atoms with Crippen molar-refractivity contribution in [2.24, 2.45) is 5.73 Å². The van der Waals surface area contributed by atoms with E-state index in [0.717, 1.165) is 4.88 Å². The molecule has 1 aliphatic carbocycles. The van der Waals surface area contributed by atoms with Gasteiger partial charge in [0.1, 0.15) is 23.7 Å². The van der Waals surface area contributed by atoms with Crippen LogP contribution in [0.5, 0.6) is 5.75 Å². The van der Waals surface area contributed by atoms with Crippen molar-refractivity contribution >= 4 is 34.9 Å². The first-order valence-corrected chi connectivity index (χ1v) is 15.6. The molecule has 0 radical (unpaired) electrons. The first kappa shape index (κ1) is 30.9. The van der Waals surface area contributed by atoms with Gasteiger partial charge in [0, 0.05) is 38.9 Å². The number of nitrogens with one attached hydrogen (secondary N) is 3. The average Bonchev–Trinajstić information content (AvgIpc) is 3.77. The summed E-state index contributed by atoms with van der Waals surface area (Å²) >= 11 is 1.36. The van der Waals surface area contributed by atoms with Crippen molar-refractivity contribution in [1.29, 1.82) is 5.41 Å². The fourth-order valence-electron chi connectivity index (χ4n) is 5.88. The van der Waals surface area contributed by atoms with Crippen molar-refractivity contribution in [2.45, 2.75) is 37.5 Å². The van der Waals surface area contributed by atoms with Gasteiger partial charge in [-0.1, -0.05) is 48.5 Å². The molecule has 12 heteroatoms. The van der Waals surface area contributed by atoms with Crippen LogP contribution in [0.2, 0.25) is 0 Å². The molecule has 4 aromatic rings. The summed E-state index contributed by atoms with van der Waals surface area (Å²) in [6.45, 7) is 1.51. The molecule has 0 bridgehead atoms. The Bertz CT molecular complexity index is 1830. The largest absolute Gasteiger partial charge is 0.488 e. The summed E-state index contributed by atoms with van der Waals surface area (Å²) in [6.07, 6.45) is -0.244. The van der Waals surface area contributed by atoms with E-state index in [-0.39, 0.29) is 47.0 Å². The Kier molecular flexibility index (Phi) is 8.30. The SMILES string of the molecule is C[C@H](NC(=O)[C@@H]1C[C@@H](Oc2ccccc2)CN1C(=O)CNC(=O)c1ccc2c(c1)-c1ccccc1C2(F)F)c1cc(C(=N)N)cs1. The smallest absolute Gasteiger partial charge is 0.299 e. The zero-order valence-electron chi connectivity index (χ0n) is 24.8. The Balaban J connectivity index is 1.15. The van der Waals surface area contributed by atoms with Gasteiger partial charge in [-0.15, -0.1) is 11.3 Å². The third-order valence-corrected chi connectivity index (χ3v) is 9.34. The molecule has 1 fully saturated rings. The van der Waals surface area contributed by atoms with Gasteiger partial charge in [0.25, 0.3) is 11.8 Å². The number of nitrogens with two attached hydrogens (primary N) is 1. The number of fused-ring (bicyclic) bond motifs is 3. The number of benzene rings is 3. The molecule has 3 amide bonds. The third kappa shape index (κ3) is 5.95. The van der Waals surface area contributed by atoms with E-state index < -0.39 is 42.5 Å². The van der Waals surface area contributed by atoms with E-state index in [2.05, 4.69) is 10.6 Å². The normalized spacial score (nSPS) is 18.3. The van der Waals surface area contributed by atoms with Crippen LogP contribution in [0, 0.1) is 5.41 Å². The quantitative estimate of drug-likeness (QED) is 0.153. The second-order valence-corrected chi connectivity index (χ2v) is 12.2. The number of nitrogen functional groups attached to an aromatic ring is 1. The van der Waals surface area contributed by atoms with Gasteiger partial charge in [-0.2, -0.15) is 8.78 Å². The molecule has 0 unspecified atom stereocenters. The van der Waals surface area contributed by atoms with Crippen molar-refractivity contribution in [3.05, 3.63) is 111 Å². The van der Waals surface area contributed by atoms with E-state index in [1.165, 1.54) is 40.5 Å². The molecule has 3 atom stereocenters. The molecule has 5 N–H and O–H groups in total. The molecule has 1 aromatic heterocycles. The lowest BCUT2D eigenvalue weighted by Gasteiger charge is -2.25. The minimum absolute atomic E-state index is 0.0702. The molecule has 0 spiro atoms. The van der Waals surface area contributed by atoms with Crippen LogP contribution in [0.4, 0.5) is 8.78 Å². The summed E-state index contributed by atoms with van der Waals surface area (Å²) in [5, 5.41) is 14.9. The van der Waals surface area contributed by atoms with Gasteiger partial charge in [0.05, 0.1) is 19.1 Å². The number of likely N-dealkylation sites (tertiary alicyclic amines) is 1. The van der Waals surface area contributed by atoms with E-state index in [0.29, 0.717) is 16.9 Å². The average molecular weight is 644 g/mol. The number of amidine groups is 1. The highest BCUT2D eigenvalue weighted by Crippen LogP contribution is 2.50. The number of thiophene rings is 1. The molecular formula is C34H31F2N5O4S. The number of alkyl halides is 2. The van der Waals surface area contributed by atoms with Crippen LogP contribution in [0.3, 0.4) is 0 Å². The summed E-state index contributed by atoms with van der Waals surface area (Å²) in [6, 6.07) is 19.7. The number of hydrogen-bond donors (Lipinski definition) is 4. The van der Waals surface area contributed by atoms with Gasteiger partial charge in [0.15, 0.2) is 0 Å². The van der Waals surface area contributed by atoms with E-state index in [4.69, 9.17) is 15.9 Å². The topological polar surface area (TPSA) is 138 Å². The predicted molar refractivity (Wildman–Crippen MR) is 170 cm³/mol. The molecule has 1 aliphatic heterocycles. The Hall–Kier alpha value is -5.10. The highest BCUT2D eigenvalue weighted by Gasteiger charge is 2.44. The molecule has 46 heavy (non-hydrogen) atoms. The number of hydrogen-bond acceptors (Lipinski definition) is 6. The summed E-state index contributed by atoms with van der Waals surface area (Å²) in [7, 11) is 0. The second kappa shape index (κ2) is 12.4. The molecule has 1 saturated heterocycles. The molecule has 2 aliphatic rings. The minimum atomic E-state index is -3.17. The van der Waals surface area contributed by atoms with Crippen LogP contribution in [0.15, 0.2) is 84.2 Å². The minimum Gasteiger partial charge on any atom is -0.488 e. The number of carbonyl (C=O) groups excluding carboxylic acids is 3. The van der Waals surface area contributed by atoms with Gasteiger partial charge >= 0.3 is 0 Å². The molecule has 9 nitrogen and oxygen atoms in total. The lowest BCUT2D eigenvalue weighted by atomic mass is 10.0. The highest BCUT2D eigenvalue weighted by molar-refractivity contribution is 7.10. The third-order valence-electron chi connectivity index (χ3n) is 8.22. The van der Waals surface area contributed by atoms with E-state index in [9.17, 15) is 23.2 Å². The van der Waals surface area contributed by atoms with Crippen molar-refractivity contribution in [1.82, 2.24) is 15.5 Å². The van der Waals surface area contributed by atoms with Crippen LogP contribution in [-0.2, 0) is 15.5 Å². The van der Waals surface area contributed by atoms with Crippen LogP contribution in [-0.4, -0.2) is 53.7 Å². The van der Waals surface area contributed by atoms with Crippen molar-refractivity contribution in [2.75, 3.05) is 13.1 Å². The fraction of sp³-hybridized carbons (Fsp3) is 0.235. The lowest BCUT2D eigenvalue weighted by molar-refractivity contribution is -0.138. The molecule has 6 rings (SSSR count). The zero-order chi connectivity index (χ0) is 32.6. The predicted octanol–water partition coefficient (Wildman–Crippen LogP) is 4.81. The van der Waals surface area contributed by atoms with E-state index in [1.807, 2.05) is 18.2 Å². The first-order chi connectivity index (χ1) is 22.0. The van der Waals surface area contributed by atoms with Crippen LogP contribution < -0.4 is 21.1 Å². The monoisotopic (exact) mass is 643 g/mol. The second-order valence-electron chi connectivity index (χ2n) is 11.3. The molecule has 0 saturated carbocycles. The number of carbonyl (C=O) groups is 3. The number of amides is 3. The van der Waals surface area contributed by atoms with E-state index in [1.54, 1.807) is 48.7 Å². The standard InChI is InChI=1S/C34H31F2N5O4S/c1-19(29-14-21(18-46-29)31(37)38)40-33(44)28-15-23(45-22-7-3-2-4-8-22)17-41(28)30(42)16-39-32(43)20-11-12-27-25(13-20)24-9-5-6-10-26(24)34(27,35)36/h2-14,18-19,23,28H,15-17H2,1H3,(H3,37,38)(H,39,43)(H,40,44)/t19-,23+,28-/m0/s1. The fourth-order valence-corrected chi connectivity index (χ4v) is 6.79. The number of ether oxygens (including phenoxy) is 1. The van der Waals surface area contributed by atoms with Crippen LogP contribution >= 0.6 is 11.3 Å². The number of rotatable bonds is 9. The zero-order valence-corrected chi connectivity index (χ0v) is 25.6. The Morgan fingerprint density at radius 2 is 1.74 bits per heavy atom. The van der Waals surface area contributed by atoms with E-state index >= 15 is 0 Å². The maximum Gasteiger partial charge on any atom is 0.299 e. The van der Waals surface area contributed by atoms with Crippen LogP contribution in [0.25, 0.3) is 11.1 Å². The maximum atomic E-state index is 15.0. The van der Waals surface area contributed by atoms with Gasteiger partial charge in [-0.25, -0.2) is 0 Å². The van der Waals surface area contributed by atoms with Gasteiger partial charge in [0.2, 0.25) is 11.8 Å². The Labute approximate surface area is 267 Å². The van der Waals surface area contributed by atoms with Crippen LogP contribution in [0.1, 0.15) is 51.3 Å². The molecule has 236 valence electrons. The highest BCUT2D eigenvalue weighted by atomic mass is 32.1.